The number of aliphatic hydroxyl groups is 3. The standard InChI is InChI=1S/C11H18N2O5/c1-3-8-9(7(2)18-13-8)10(17)12-11(4-14,5-15)6-16/h14-16H,3-6H2,1-2H3,(H,12,17). The van der Waals surface area contributed by atoms with E-state index in [4.69, 9.17) is 19.8 Å². The number of rotatable bonds is 6. The molecule has 18 heavy (non-hydrogen) atoms. The van der Waals surface area contributed by atoms with Crippen LogP contribution < -0.4 is 5.32 Å². The second-order valence-corrected chi connectivity index (χ2v) is 4.12. The topological polar surface area (TPSA) is 116 Å². The molecule has 0 aliphatic heterocycles. The van der Waals surface area contributed by atoms with Gasteiger partial charge in [0, 0.05) is 0 Å². The molecule has 0 aromatic carbocycles. The molecule has 4 N–H and O–H groups in total. The van der Waals surface area contributed by atoms with E-state index in [1.807, 2.05) is 6.92 Å². The maximum atomic E-state index is 12.1. The van der Waals surface area contributed by atoms with Gasteiger partial charge >= 0.3 is 0 Å². The Hall–Kier alpha value is -1.44. The lowest BCUT2D eigenvalue weighted by Gasteiger charge is -2.28. The highest BCUT2D eigenvalue weighted by molar-refractivity contribution is 5.96. The third-order valence-corrected chi connectivity index (χ3v) is 2.78. The van der Waals surface area contributed by atoms with Crippen molar-refractivity contribution in [2.24, 2.45) is 0 Å². The van der Waals surface area contributed by atoms with Crippen LogP contribution in [0.1, 0.15) is 28.7 Å². The van der Waals surface area contributed by atoms with Gasteiger partial charge in [0.1, 0.15) is 16.9 Å². The molecule has 1 amide bonds. The smallest absolute Gasteiger partial charge is 0.257 e. The molecule has 1 rings (SSSR count). The SMILES string of the molecule is CCc1noc(C)c1C(=O)NC(CO)(CO)CO. The first-order chi connectivity index (χ1) is 8.53. The van der Waals surface area contributed by atoms with Crippen molar-refractivity contribution in [2.75, 3.05) is 19.8 Å². The number of hydrogen-bond acceptors (Lipinski definition) is 6. The molecule has 0 spiro atoms. The predicted molar refractivity (Wildman–Crippen MR) is 62.1 cm³/mol. The summed E-state index contributed by atoms with van der Waals surface area (Å²) >= 11 is 0. The normalized spacial score (nSPS) is 11.6. The third kappa shape index (κ3) is 2.69. The molecule has 0 unspecified atom stereocenters. The Labute approximate surface area is 104 Å². The summed E-state index contributed by atoms with van der Waals surface area (Å²) in [4.78, 5) is 12.1. The quantitative estimate of drug-likeness (QED) is 0.519. The average molecular weight is 258 g/mol. The Bertz CT molecular complexity index is 403. The number of carbonyl (C=O) groups excluding carboxylic acids is 1. The van der Waals surface area contributed by atoms with Gasteiger partial charge < -0.3 is 25.2 Å². The van der Waals surface area contributed by atoms with Crippen LogP contribution in [0.2, 0.25) is 0 Å². The van der Waals surface area contributed by atoms with Crippen LogP contribution in [0.25, 0.3) is 0 Å². The molecular formula is C11H18N2O5. The van der Waals surface area contributed by atoms with Crippen molar-refractivity contribution in [3.05, 3.63) is 17.0 Å². The second kappa shape index (κ2) is 5.94. The molecule has 0 aliphatic rings. The highest BCUT2D eigenvalue weighted by atomic mass is 16.5. The average Bonchev–Trinajstić information content (AvgIpc) is 2.77. The van der Waals surface area contributed by atoms with Crippen molar-refractivity contribution >= 4 is 5.91 Å². The van der Waals surface area contributed by atoms with Gasteiger partial charge in [0.2, 0.25) is 0 Å². The van der Waals surface area contributed by atoms with E-state index in [0.717, 1.165) is 0 Å². The molecule has 102 valence electrons. The van der Waals surface area contributed by atoms with Crippen LogP contribution in [0.5, 0.6) is 0 Å². The molecular weight excluding hydrogens is 240 g/mol. The summed E-state index contributed by atoms with van der Waals surface area (Å²) in [6.07, 6.45) is 0.518. The van der Waals surface area contributed by atoms with E-state index in [1.54, 1.807) is 6.92 Å². The Balaban J connectivity index is 2.97. The van der Waals surface area contributed by atoms with E-state index in [1.165, 1.54) is 0 Å². The van der Waals surface area contributed by atoms with E-state index in [9.17, 15) is 4.79 Å². The molecule has 0 bridgehead atoms. The van der Waals surface area contributed by atoms with E-state index >= 15 is 0 Å². The first kappa shape index (κ1) is 14.6. The summed E-state index contributed by atoms with van der Waals surface area (Å²) in [5.41, 5.74) is -0.684. The van der Waals surface area contributed by atoms with Crippen molar-refractivity contribution in [3.63, 3.8) is 0 Å². The zero-order chi connectivity index (χ0) is 13.8. The number of amides is 1. The number of hydrogen-bond donors (Lipinski definition) is 4. The molecule has 0 radical (unpaired) electrons. The highest BCUT2D eigenvalue weighted by Gasteiger charge is 2.32. The van der Waals surface area contributed by atoms with Gasteiger partial charge in [0.05, 0.1) is 25.5 Å². The van der Waals surface area contributed by atoms with Gasteiger partial charge in [-0.1, -0.05) is 12.1 Å². The first-order valence-electron chi connectivity index (χ1n) is 5.63. The number of aliphatic hydroxyl groups excluding tert-OH is 3. The Morgan fingerprint density at radius 1 is 1.33 bits per heavy atom. The lowest BCUT2D eigenvalue weighted by Crippen LogP contribution is -2.57. The molecule has 0 fully saturated rings. The molecule has 1 aromatic rings. The fourth-order valence-electron chi connectivity index (χ4n) is 1.52. The monoisotopic (exact) mass is 258 g/mol. The van der Waals surface area contributed by atoms with Gasteiger partial charge in [0.15, 0.2) is 0 Å². The van der Waals surface area contributed by atoms with Gasteiger partial charge in [-0.05, 0) is 13.3 Å². The minimum Gasteiger partial charge on any atom is -0.394 e. The maximum absolute atomic E-state index is 12.1. The maximum Gasteiger partial charge on any atom is 0.257 e. The van der Waals surface area contributed by atoms with E-state index in [-0.39, 0.29) is 5.56 Å². The summed E-state index contributed by atoms with van der Waals surface area (Å²) < 4.78 is 4.92. The van der Waals surface area contributed by atoms with E-state index in [2.05, 4.69) is 10.5 Å². The minimum absolute atomic E-state index is 0.275. The fourth-order valence-corrected chi connectivity index (χ4v) is 1.52. The number of aryl methyl sites for hydroxylation is 2. The summed E-state index contributed by atoms with van der Waals surface area (Å²) in [5.74, 6) is -0.185. The largest absolute Gasteiger partial charge is 0.394 e. The zero-order valence-corrected chi connectivity index (χ0v) is 10.4. The van der Waals surface area contributed by atoms with Crippen LogP contribution in [0.3, 0.4) is 0 Å². The minimum atomic E-state index is -1.45. The zero-order valence-electron chi connectivity index (χ0n) is 10.4. The van der Waals surface area contributed by atoms with Gasteiger partial charge in [-0.3, -0.25) is 4.79 Å². The highest BCUT2D eigenvalue weighted by Crippen LogP contribution is 2.15. The second-order valence-electron chi connectivity index (χ2n) is 4.12. The summed E-state index contributed by atoms with van der Waals surface area (Å²) in [6, 6.07) is 0. The molecule has 0 saturated carbocycles. The molecule has 0 atom stereocenters. The van der Waals surface area contributed by atoms with Crippen LogP contribution in [0.15, 0.2) is 4.52 Å². The van der Waals surface area contributed by atoms with Crippen molar-refractivity contribution in [3.8, 4) is 0 Å². The van der Waals surface area contributed by atoms with Gasteiger partial charge in [-0.15, -0.1) is 0 Å². The van der Waals surface area contributed by atoms with E-state index in [0.29, 0.717) is 17.9 Å². The lowest BCUT2D eigenvalue weighted by atomic mass is 10.0. The third-order valence-electron chi connectivity index (χ3n) is 2.78. The fraction of sp³-hybridized carbons (Fsp3) is 0.636. The Morgan fingerprint density at radius 2 is 1.89 bits per heavy atom. The first-order valence-corrected chi connectivity index (χ1v) is 5.63. The van der Waals surface area contributed by atoms with Gasteiger partial charge in [-0.25, -0.2) is 0 Å². The predicted octanol–water partition coefficient (Wildman–Crippen LogP) is -1.01. The van der Waals surface area contributed by atoms with Crippen molar-refractivity contribution in [2.45, 2.75) is 25.8 Å². The Kier molecular flexibility index (Phi) is 4.83. The summed E-state index contributed by atoms with van der Waals surface area (Å²) in [7, 11) is 0. The molecule has 1 aromatic heterocycles. The van der Waals surface area contributed by atoms with Gasteiger partial charge in [0.25, 0.3) is 5.91 Å². The number of nitrogens with zero attached hydrogens (tertiary/aromatic N) is 1. The lowest BCUT2D eigenvalue weighted by molar-refractivity contribution is 0.0374. The van der Waals surface area contributed by atoms with Crippen molar-refractivity contribution < 1.29 is 24.6 Å². The van der Waals surface area contributed by atoms with Crippen LogP contribution in [-0.4, -0.2) is 51.7 Å². The summed E-state index contributed by atoms with van der Waals surface area (Å²) in [5, 5.41) is 33.6. The molecule has 1 heterocycles. The molecule has 7 nitrogen and oxygen atoms in total. The number of aromatic nitrogens is 1. The van der Waals surface area contributed by atoms with Crippen LogP contribution in [0.4, 0.5) is 0 Å². The molecule has 7 heteroatoms. The molecule has 0 aliphatic carbocycles. The molecule has 0 saturated heterocycles. The number of nitrogens with one attached hydrogen (secondary N) is 1. The number of carbonyl (C=O) groups is 1. The Morgan fingerprint density at radius 3 is 2.33 bits per heavy atom. The van der Waals surface area contributed by atoms with Crippen molar-refractivity contribution in [1.82, 2.24) is 10.5 Å². The summed E-state index contributed by atoms with van der Waals surface area (Å²) in [6.45, 7) is 1.71. The van der Waals surface area contributed by atoms with Crippen molar-refractivity contribution in [1.29, 1.82) is 0 Å². The van der Waals surface area contributed by atoms with Crippen LogP contribution in [0, 0.1) is 6.92 Å². The van der Waals surface area contributed by atoms with Gasteiger partial charge in [-0.2, -0.15) is 0 Å². The van der Waals surface area contributed by atoms with Crippen LogP contribution >= 0.6 is 0 Å². The van der Waals surface area contributed by atoms with E-state index < -0.39 is 31.3 Å². The van der Waals surface area contributed by atoms with Crippen LogP contribution in [-0.2, 0) is 6.42 Å².